The first kappa shape index (κ1) is 17.8. The fourth-order valence-electron chi connectivity index (χ4n) is 2.45. The topological polar surface area (TPSA) is 46.2 Å². The summed E-state index contributed by atoms with van der Waals surface area (Å²) in [4.78, 5) is 4.72. The smallest absolute Gasteiger partial charge is 0.170 e. The third kappa shape index (κ3) is 4.75. The predicted octanol–water partition coefficient (Wildman–Crippen LogP) is 4.59. The molecule has 0 fully saturated rings. The molecule has 0 aliphatic rings. The molecule has 2 N–H and O–H groups in total. The maximum Gasteiger partial charge on any atom is 0.170 e. The van der Waals surface area contributed by atoms with Crippen LogP contribution in [0.4, 0.5) is 5.69 Å². The fraction of sp³-hybridized carbons (Fsp3) is 0.263. The van der Waals surface area contributed by atoms with Gasteiger partial charge in [-0.3, -0.25) is 0 Å². The van der Waals surface area contributed by atoms with Gasteiger partial charge in [-0.15, -0.1) is 11.3 Å². The number of hydrogen-bond acceptors (Lipinski definition) is 4. The van der Waals surface area contributed by atoms with Crippen LogP contribution in [-0.2, 0) is 4.74 Å². The Morgan fingerprint density at radius 3 is 2.76 bits per heavy atom. The van der Waals surface area contributed by atoms with Crippen molar-refractivity contribution in [2.45, 2.75) is 13.3 Å². The number of thiazole rings is 1. The zero-order valence-corrected chi connectivity index (χ0v) is 16.0. The Labute approximate surface area is 157 Å². The minimum absolute atomic E-state index is 0.624. The molecular weight excluding hydrogens is 350 g/mol. The van der Waals surface area contributed by atoms with E-state index in [4.69, 9.17) is 21.9 Å². The number of hydrogen-bond donors (Lipinski definition) is 2. The zero-order chi connectivity index (χ0) is 17.6. The number of ether oxygens (including phenoxy) is 1. The Morgan fingerprint density at radius 2 is 2.00 bits per heavy atom. The summed E-state index contributed by atoms with van der Waals surface area (Å²) in [5.41, 5.74) is 4.39. The minimum atomic E-state index is 0.624. The number of rotatable bonds is 6. The van der Waals surface area contributed by atoms with Crippen molar-refractivity contribution >= 4 is 44.6 Å². The van der Waals surface area contributed by atoms with E-state index >= 15 is 0 Å². The first-order chi connectivity index (χ1) is 12.2. The monoisotopic (exact) mass is 371 g/mol. The highest BCUT2D eigenvalue weighted by Gasteiger charge is 2.07. The van der Waals surface area contributed by atoms with Gasteiger partial charge < -0.3 is 15.4 Å². The van der Waals surface area contributed by atoms with E-state index in [9.17, 15) is 0 Å². The molecule has 0 atom stereocenters. The van der Waals surface area contributed by atoms with Crippen LogP contribution in [0, 0.1) is 6.92 Å². The number of aromatic nitrogens is 1. The van der Waals surface area contributed by atoms with E-state index < -0.39 is 0 Å². The van der Waals surface area contributed by atoms with Crippen molar-refractivity contribution in [2.75, 3.05) is 25.6 Å². The van der Waals surface area contributed by atoms with Gasteiger partial charge in [0.25, 0.3) is 0 Å². The third-order valence-corrected chi connectivity index (χ3v) is 5.06. The van der Waals surface area contributed by atoms with Gasteiger partial charge in [0.2, 0.25) is 0 Å². The molecule has 3 rings (SSSR count). The van der Waals surface area contributed by atoms with Gasteiger partial charge in [0, 0.05) is 31.5 Å². The molecule has 1 aromatic heterocycles. The lowest BCUT2D eigenvalue weighted by molar-refractivity contribution is 0.196. The second-order valence-corrected chi connectivity index (χ2v) is 7.23. The van der Waals surface area contributed by atoms with Crippen molar-refractivity contribution in [3.63, 3.8) is 0 Å². The summed E-state index contributed by atoms with van der Waals surface area (Å²) in [5.74, 6) is 0. The lowest BCUT2D eigenvalue weighted by Crippen LogP contribution is -2.29. The molecule has 0 radical (unpaired) electrons. The standard InChI is InChI=1S/C19H21N3OS2/c1-13-4-9-16-17(12-13)25-18(22-16)14-5-7-15(8-6-14)21-19(24)20-10-3-11-23-2/h4-9,12H,3,10-11H2,1-2H3,(H2,20,21,24). The van der Waals surface area contributed by atoms with Crippen LogP contribution in [0.5, 0.6) is 0 Å². The lowest BCUT2D eigenvalue weighted by atomic mass is 10.2. The molecule has 0 spiro atoms. The molecule has 0 amide bonds. The molecule has 1 heterocycles. The number of anilines is 1. The van der Waals surface area contributed by atoms with Crippen LogP contribution in [-0.4, -0.2) is 30.4 Å². The van der Waals surface area contributed by atoms with Gasteiger partial charge in [-0.1, -0.05) is 6.07 Å². The first-order valence-corrected chi connectivity index (χ1v) is 9.39. The van der Waals surface area contributed by atoms with Crippen LogP contribution >= 0.6 is 23.6 Å². The number of aryl methyl sites for hydroxylation is 1. The SMILES string of the molecule is COCCCNC(=S)Nc1ccc(-c2nc3ccc(C)cc3s2)cc1. The van der Waals surface area contributed by atoms with Gasteiger partial charge in [0.15, 0.2) is 5.11 Å². The third-order valence-electron chi connectivity index (χ3n) is 3.74. The maximum atomic E-state index is 5.29. The highest BCUT2D eigenvalue weighted by Crippen LogP contribution is 2.31. The number of thiocarbonyl (C=S) groups is 1. The van der Waals surface area contributed by atoms with Gasteiger partial charge in [-0.2, -0.15) is 0 Å². The Bertz CT molecular complexity index is 859. The van der Waals surface area contributed by atoms with Gasteiger partial charge in [0.05, 0.1) is 10.2 Å². The molecule has 25 heavy (non-hydrogen) atoms. The van der Waals surface area contributed by atoms with Gasteiger partial charge in [-0.05, 0) is 67.5 Å². The highest BCUT2D eigenvalue weighted by atomic mass is 32.1. The summed E-state index contributed by atoms with van der Waals surface area (Å²) in [6, 6.07) is 14.5. The van der Waals surface area contributed by atoms with E-state index in [1.54, 1.807) is 18.4 Å². The number of benzene rings is 2. The van der Waals surface area contributed by atoms with E-state index in [0.29, 0.717) is 5.11 Å². The Balaban J connectivity index is 1.64. The van der Waals surface area contributed by atoms with Gasteiger partial charge in [-0.25, -0.2) is 4.98 Å². The highest BCUT2D eigenvalue weighted by molar-refractivity contribution is 7.80. The molecule has 3 aromatic rings. The second kappa shape index (κ2) is 8.38. The molecule has 130 valence electrons. The second-order valence-electron chi connectivity index (χ2n) is 5.79. The summed E-state index contributed by atoms with van der Waals surface area (Å²) in [7, 11) is 1.70. The molecule has 0 saturated heterocycles. The van der Waals surface area contributed by atoms with Crippen LogP contribution in [0.2, 0.25) is 0 Å². The van der Waals surface area contributed by atoms with Crippen molar-refractivity contribution in [3.05, 3.63) is 48.0 Å². The maximum absolute atomic E-state index is 5.29. The Hall–Kier alpha value is -2.02. The molecule has 0 bridgehead atoms. The van der Waals surface area contributed by atoms with Crippen LogP contribution in [0.1, 0.15) is 12.0 Å². The van der Waals surface area contributed by atoms with Crippen LogP contribution in [0.25, 0.3) is 20.8 Å². The van der Waals surface area contributed by atoms with E-state index in [0.717, 1.165) is 41.3 Å². The van der Waals surface area contributed by atoms with Gasteiger partial charge >= 0.3 is 0 Å². The molecule has 0 saturated carbocycles. The average molecular weight is 372 g/mol. The lowest BCUT2D eigenvalue weighted by Gasteiger charge is -2.10. The summed E-state index contributed by atoms with van der Waals surface area (Å²) in [6.45, 7) is 3.63. The van der Waals surface area contributed by atoms with E-state index in [1.807, 2.05) is 12.1 Å². The van der Waals surface area contributed by atoms with Crippen LogP contribution < -0.4 is 10.6 Å². The van der Waals surface area contributed by atoms with E-state index in [2.05, 4.69) is 47.9 Å². The number of methoxy groups -OCH3 is 1. The molecular formula is C19H21N3OS2. The number of fused-ring (bicyclic) bond motifs is 1. The largest absolute Gasteiger partial charge is 0.385 e. The number of nitrogens with zero attached hydrogens (tertiary/aromatic N) is 1. The summed E-state index contributed by atoms with van der Waals surface area (Å²) < 4.78 is 6.24. The molecule has 6 heteroatoms. The first-order valence-electron chi connectivity index (χ1n) is 8.17. The van der Waals surface area contributed by atoms with E-state index in [-0.39, 0.29) is 0 Å². The molecule has 4 nitrogen and oxygen atoms in total. The van der Waals surface area contributed by atoms with Crippen molar-refractivity contribution < 1.29 is 4.74 Å². The molecule has 0 unspecified atom stereocenters. The minimum Gasteiger partial charge on any atom is -0.385 e. The molecule has 2 aromatic carbocycles. The predicted molar refractivity (Wildman–Crippen MR) is 111 cm³/mol. The summed E-state index contributed by atoms with van der Waals surface area (Å²) in [5, 5.41) is 8.02. The fourth-order valence-corrected chi connectivity index (χ4v) is 3.73. The van der Waals surface area contributed by atoms with E-state index in [1.165, 1.54) is 10.3 Å². The Morgan fingerprint density at radius 1 is 1.20 bits per heavy atom. The molecule has 0 aliphatic carbocycles. The zero-order valence-electron chi connectivity index (χ0n) is 14.3. The molecule has 0 aliphatic heterocycles. The summed E-state index contributed by atoms with van der Waals surface area (Å²) >= 11 is 7.01. The normalized spacial score (nSPS) is 10.8. The van der Waals surface area contributed by atoms with Crippen LogP contribution in [0.15, 0.2) is 42.5 Å². The van der Waals surface area contributed by atoms with Crippen molar-refractivity contribution in [2.24, 2.45) is 0 Å². The van der Waals surface area contributed by atoms with Crippen LogP contribution in [0.3, 0.4) is 0 Å². The van der Waals surface area contributed by atoms with Crippen molar-refractivity contribution in [1.29, 1.82) is 0 Å². The quantitative estimate of drug-likeness (QED) is 0.490. The number of nitrogens with one attached hydrogen (secondary N) is 2. The van der Waals surface area contributed by atoms with Crippen molar-refractivity contribution in [3.8, 4) is 10.6 Å². The van der Waals surface area contributed by atoms with Crippen molar-refractivity contribution in [1.82, 2.24) is 10.3 Å². The van der Waals surface area contributed by atoms with Gasteiger partial charge in [0.1, 0.15) is 5.01 Å². The summed E-state index contributed by atoms with van der Waals surface area (Å²) in [6.07, 6.45) is 0.925. The average Bonchev–Trinajstić information content (AvgIpc) is 3.02. The Kier molecular flexibility index (Phi) is 5.96.